The van der Waals surface area contributed by atoms with Crippen molar-refractivity contribution in [2.75, 3.05) is 18.4 Å². The fraction of sp³-hybridized carbons (Fsp3) is 0.591. The van der Waals surface area contributed by atoms with Gasteiger partial charge in [0.2, 0.25) is 0 Å². The van der Waals surface area contributed by atoms with Crippen LogP contribution in [0, 0.1) is 5.92 Å². The lowest BCUT2D eigenvalue weighted by molar-refractivity contribution is 0.0172. The second kappa shape index (κ2) is 8.84. The summed E-state index contributed by atoms with van der Waals surface area (Å²) in [7, 11) is 0. The van der Waals surface area contributed by atoms with Crippen molar-refractivity contribution in [1.29, 1.82) is 0 Å². The van der Waals surface area contributed by atoms with Crippen LogP contribution in [0.4, 0.5) is 15.3 Å². The van der Waals surface area contributed by atoms with Gasteiger partial charge in [0.15, 0.2) is 5.78 Å². The van der Waals surface area contributed by atoms with Gasteiger partial charge in [-0.15, -0.1) is 0 Å². The maximum absolute atomic E-state index is 13.2. The van der Waals surface area contributed by atoms with Crippen LogP contribution in [-0.4, -0.2) is 47.2 Å². The summed E-state index contributed by atoms with van der Waals surface area (Å²) in [6.45, 7) is 11.6. The first-order valence-corrected chi connectivity index (χ1v) is 9.97. The molecule has 1 atom stereocenters. The molecule has 7 heteroatoms. The molecule has 0 aliphatic carbocycles. The van der Waals surface area contributed by atoms with E-state index in [9.17, 15) is 14.4 Å². The van der Waals surface area contributed by atoms with Gasteiger partial charge in [0.1, 0.15) is 11.2 Å². The summed E-state index contributed by atoms with van der Waals surface area (Å²) >= 11 is 0. The predicted molar refractivity (Wildman–Crippen MR) is 111 cm³/mol. The van der Waals surface area contributed by atoms with Crippen LogP contribution in [0.2, 0.25) is 0 Å². The summed E-state index contributed by atoms with van der Waals surface area (Å²) in [5.74, 6) is -0.456. The lowest BCUT2D eigenvalue weighted by Gasteiger charge is -2.33. The molecular weight excluding hydrogens is 372 g/mol. The minimum absolute atomic E-state index is 0.107. The summed E-state index contributed by atoms with van der Waals surface area (Å²) < 4.78 is 10.7. The zero-order chi connectivity index (χ0) is 21.8. The zero-order valence-corrected chi connectivity index (χ0v) is 18.2. The summed E-state index contributed by atoms with van der Waals surface area (Å²) in [6.07, 6.45) is 0.378. The number of carbonyl (C=O) groups is 3. The molecule has 0 spiro atoms. The number of anilines is 1. The Morgan fingerprint density at radius 1 is 1.00 bits per heavy atom. The third kappa shape index (κ3) is 7.07. The van der Waals surface area contributed by atoms with Crippen LogP contribution in [0.3, 0.4) is 0 Å². The quantitative estimate of drug-likeness (QED) is 0.727. The molecule has 1 heterocycles. The highest BCUT2D eigenvalue weighted by atomic mass is 16.6. The molecule has 1 aromatic carbocycles. The lowest BCUT2D eigenvalue weighted by Crippen LogP contribution is -2.44. The van der Waals surface area contributed by atoms with Gasteiger partial charge < -0.3 is 14.4 Å². The Labute approximate surface area is 172 Å². The second-order valence-electron chi connectivity index (χ2n) is 9.30. The molecule has 1 unspecified atom stereocenters. The van der Waals surface area contributed by atoms with Crippen LogP contribution >= 0.6 is 0 Å². The van der Waals surface area contributed by atoms with E-state index < -0.39 is 23.4 Å². The highest BCUT2D eigenvalue weighted by Crippen LogP contribution is 2.26. The summed E-state index contributed by atoms with van der Waals surface area (Å²) in [5, 5.41) is 2.66. The standard InChI is InChI=1S/C22H32N2O5/c1-21(2,3)28-19(26)23-17-12-8-7-11-16(17)18(25)15-10-9-13-24(14-15)20(27)29-22(4,5)6/h7-8,11-12,15H,9-10,13-14H2,1-6H3,(H,23,26). The highest BCUT2D eigenvalue weighted by molar-refractivity contribution is 6.05. The fourth-order valence-electron chi connectivity index (χ4n) is 3.12. The van der Waals surface area contributed by atoms with Crippen molar-refractivity contribution in [1.82, 2.24) is 4.90 Å². The average Bonchev–Trinajstić information content (AvgIpc) is 2.58. The fourth-order valence-corrected chi connectivity index (χ4v) is 3.12. The Morgan fingerprint density at radius 2 is 1.62 bits per heavy atom. The van der Waals surface area contributed by atoms with E-state index in [1.54, 1.807) is 49.9 Å². The monoisotopic (exact) mass is 404 g/mol. The number of benzene rings is 1. The SMILES string of the molecule is CC(C)(C)OC(=O)Nc1ccccc1C(=O)C1CCCN(C(=O)OC(C)(C)C)C1. The smallest absolute Gasteiger partial charge is 0.412 e. The molecule has 1 aliphatic heterocycles. The number of nitrogens with zero attached hydrogens (tertiary/aromatic N) is 1. The third-order valence-corrected chi connectivity index (χ3v) is 4.27. The number of hydrogen-bond acceptors (Lipinski definition) is 5. The van der Waals surface area contributed by atoms with Crippen LogP contribution in [0.25, 0.3) is 0 Å². The Bertz CT molecular complexity index is 761. The average molecular weight is 405 g/mol. The first-order valence-electron chi connectivity index (χ1n) is 9.97. The van der Waals surface area contributed by atoms with Crippen LogP contribution in [-0.2, 0) is 9.47 Å². The van der Waals surface area contributed by atoms with Crippen molar-refractivity contribution in [2.45, 2.75) is 65.6 Å². The molecule has 7 nitrogen and oxygen atoms in total. The molecule has 1 saturated heterocycles. The van der Waals surface area contributed by atoms with E-state index in [1.807, 2.05) is 20.8 Å². The molecular formula is C22H32N2O5. The van der Waals surface area contributed by atoms with Crippen molar-refractivity contribution in [3.8, 4) is 0 Å². The third-order valence-electron chi connectivity index (χ3n) is 4.27. The molecule has 2 amide bonds. The van der Waals surface area contributed by atoms with E-state index >= 15 is 0 Å². The number of rotatable bonds is 3. The molecule has 1 N–H and O–H groups in total. The van der Waals surface area contributed by atoms with Crippen LogP contribution in [0.15, 0.2) is 24.3 Å². The van der Waals surface area contributed by atoms with Crippen molar-refractivity contribution in [3.05, 3.63) is 29.8 Å². The molecule has 0 radical (unpaired) electrons. The topological polar surface area (TPSA) is 84.9 Å². The van der Waals surface area contributed by atoms with E-state index in [-0.39, 0.29) is 11.7 Å². The minimum Gasteiger partial charge on any atom is -0.444 e. The second-order valence-corrected chi connectivity index (χ2v) is 9.30. The van der Waals surface area contributed by atoms with Gasteiger partial charge in [-0.3, -0.25) is 10.1 Å². The van der Waals surface area contributed by atoms with Gasteiger partial charge in [-0.1, -0.05) is 12.1 Å². The van der Waals surface area contributed by atoms with Gasteiger partial charge in [0.25, 0.3) is 0 Å². The number of Topliss-reactive ketones (excluding diaryl/α,β-unsaturated/α-hetero) is 1. The number of ketones is 1. The zero-order valence-electron chi connectivity index (χ0n) is 18.2. The van der Waals surface area contributed by atoms with Crippen LogP contribution in [0.5, 0.6) is 0 Å². The first-order chi connectivity index (χ1) is 13.4. The molecule has 1 aliphatic rings. The van der Waals surface area contributed by atoms with E-state index in [2.05, 4.69) is 5.32 Å². The Kier molecular flexibility index (Phi) is 6.93. The molecule has 0 aromatic heterocycles. The van der Waals surface area contributed by atoms with Gasteiger partial charge in [0, 0.05) is 24.6 Å². The van der Waals surface area contributed by atoms with Crippen LogP contribution < -0.4 is 5.32 Å². The van der Waals surface area contributed by atoms with Crippen molar-refractivity contribution in [3.63, 3.8) is 0 Å². The van der Waals surface area contributed by atoms with Crippen molar-refractivity contribution >= 4 is 23.7 Å². The van der Waals surface area contributed by atoms with Crippen molar-refractivity contribution < 1.29 is 23.9 Å². The number of hydrogen-bond donors (Lipinski definition) is 1. The number of para-hydroxylation sites is 1. The number of nitrogens with one attached hydrogen (secondary N) is 1. The van der Waals surface area contributed by atoms with E-state index in [0.29, 0.717) is 30.8 Å². The van der Waals surface area contributed by atoms with Gasteiger partial charge in [-0.2, -0.15) is 0 Å². The molecule has 1 aromatic rings. The summed E-state index contributed by atoms with van der Waals surface area (Å²) in [4.78, 5) is 39.3. The number of piperidine rings is 1. The largest absolute Gasteiger partial charge is 0.444 e. The highest BCUT2D eigenvalue weighted by Gasteiger charge is 2.32. The van der Waals surface area contributed by atoms with Gasteiger partial charge in [-0.05, 0) is 66.5 Å². The normalized spacial score (nSPS) is 17.4. The maximum atomic E-state index is 13.2. The van der Waals surface area contributed by atoms with Gasteiger partial charge in [-0.25, -0.2) is 9.59 Å². The van der Waals surface area contributed by atoms with Crippen molar-refractivity contribution in [2.24, 2.45) is 5.92 Å². The summed E-state index contributed by atoms with van der Waals surface area (Å²) in [6, 6.07) is 6.85. The Hall–Kier alpha value is -2.57. The van der Waals surface area contributed by atoms with E-state index in [1.165, 1.54) is 0 Å². The molecule has 0 saturated carbocycles. The molecule has 29 heavy (non-hydrogen) atoms. The van der Waals surface area contributed by atoms with E-state index in [4.69, 9.17) is 9.47 Å². The molecule has 0 bridgehead atoms. The van der Waals surface area contributed by atoms with Gasteiger partial charge in [0.05, 0.1) is 5.69 Å². The molecule has 160 valence electrons. The first kappa shape index (κ1) is 22.7. The number of amides is 2. The minimum atomic E-state index is -0.639. The predicted octanol–water partition coefficient (Wildman–Crippen LogP) is 4.86. The molecule has 1 fully saturated rings. The summed E-state index contributed by atoms with van der Waals surface area (Å²) in [5.41, 5.74) is -0.409. The molecule has 2 rings (SSSR count). The van der Waals surface area contributed by atoms with Crippen LogP contribution in [0.1, 0.15) is 64.7 Å². The Morgan fingerprint density at radius 3 is 2.24 bits per heavy atom. The lowest BCUT2D eigenvalue weighted by atomic mass is 9.89. The number of ether oxygens (including phenoxy) is 2. The van der Waals surface area contributed by atoms with Gasteiger partial charge >= 0.3 is 12.2 Å². The number of carbonyl (C=O) groups excluding carboxylic acids is 3. The number of likely N-dealkylation sites (tertiary alicyclic amines) is 1. The Balaban J connectivity index is 2.12. The van der Waals surface area contributed by atoms with E-state index in [0.717, 1.165) is 6.42 Å². The maximum Gasteiger partial charge on any atom is 0.412 e.